The summed E-state index contributed by atoms with van der Waals surface area (Å²) in [7, 11) is 0. The summed E-state index contributed by atoms with van der Waals surface area (Å²) in [5.74, 6) is 0.649. The van der Waals surface area contributed by atoms with Gasteiger partial charge in [-0.05, 0) is 35.7 Å². The minimum atomic E-state index is -0.103. The minimum absolute atomic E-state index is 0.103. The van der Waals surface area contributed by atoms with Crippen LogP contribution in [0.5, 0.6) is 0 Å². The van der Waals surface area contributed by atoms with Crippen LogP contribution in [0.3, 0.4) is 0 Å². The lowest BCUT2D eigenvalue weighted by atomic mass is 10.1. The number of nitrogens with zero attached hydrogens (tertiary/aromatic N) is 2. The van der Waals surface area contributed by atoms with Crippen molar-refractivity contribution in [3.8, 4) is 11.5 Å². The van der Waals surface area contributed by atoms with Crippen molar-refractivity contribution >= 4 is 66.8 Å². The molecular weight excluding hydrogens is 450 g/mol. The smallest absolute Gasteiger partial charge is 0.234 e. The standard InChI is InChI=1S/C26H17N3O2S2/c30-23(15-32-26-28-20-11-5-6-12-22(20)33-26)27-19-10-4-3-9-18(19)25-29-24-17-8-2-1-7-16(17)13-14-21(24)31-25/h1-14H,15H2,(H,27,30). The van der Waals surface area contributed by atoms with Crippen molar-refractivity contribution in [2.75, 3.05) is 11.1 Å². The Morgan fingerprint density at radius 1 is 0.909 bits per heavy atom. The second kappa shape index (κ2) is 8.35. The van der Waals surface area contributed by atoms with Gasteiger partial charge in [-0.3, -0.25) is 4.79 Å². The Kier molecular flexibility index (Phi) is 5.05. The van der Waals surface area contributed by atoms with Crippen LogP contribution in [0, 0.1) is 0 Å². The molecule has 2 aromatic heterocycles. The van der Waals surface area contributed by atoms with Gasteiger partial charge in [-0.1, -0.05) is 66.4 Å². The summed E-state index contributed by atoms with van der Waals surface area (Å²) in [4.78, 5) is 22.1. The molecule has 6 aromatic rings. The normalized spacial score (nSPS) is 11.4. The van der Waals surface area contributed by atoms with E-state index in [9.17, 15) is 4.79 Å². The largest absolute Gasteiger partial charge is 0.436 e. The number of benzene rings is 4. The molecule has 5 nitrogen and oxygen atoms in total. The van der Waals surface area contributed by atoms with Gasteiger partial charge >= 0.3 is 0 Å². The zero-order valence-corrected chi connectivity index (χ0v) is 19.0. The van der Waals surface area contributed by atoms with Crippen molar-refractivity contribution in [1.82, 2.24) is 9.97 Å². The molecule has 0 radical (unpaired) electrons. The first-order valence-electron chi connectivity index (χ1n) is 10.4. The van der Waals surface area contributed by atoms with Crippen LogP contribution in [0.1, 0.15) is 0 Å². The molecule has 0 aliphatic heterocycles. The molecule has 0 bridgehead atoms. The van der Waals surface area contributed by atoms with Gasteiger partial charge in [0.1, 0.15) is 5.52 Å². The van der Waals surface area contributed by atoms with Gasteiger partial charge in [0.25, 0.3) is 0 Å². The summed E-state index contributed by atoms with van der Waals surface area (Å²) in [5.41, 5.74) is 3.91. The maximum Gasteiger partial charge on any atom is 0.234 e. The quantitative estimate of drug-likeness (QED) is 0.277. The third kappa shape index (κ3) is 3.86. The molecule has 0 spiro atoms. The number of carbonyl (C=O) groups is 1. The Morgan fingerprint density at radius 2 is 1.73 bits per heavy atom. The van der Waals surface area contributed by atoms with E-state index in [2.05, 4.69) is 16.4 Å². The highest BCUT2D eigenvalue weighted by Crippen LogP contribution is 2.34. The van der Waals surface area contributed by atoms with Crippen molar-refractivity contribution < 1.29 is 9.21 Å². The number of hydrogen-bond donors (Lipinski definition) is 1. The Bertz CT molecular complexity index is 1600. The topological polar surface area (TPSA) is 68.0 Å². The zero-order valence-electron chi connectivity index (χ0n) is 17.3. The first-order chi connectivity index (χ1) is 16.2. The number of anilines is 1. The minimum Gasteiger partial charge on any atom is -0.436 e. The number of fused-ring (bicyclic) bond motifs is 4. The highest BCUT2D eigenvalue weighted by Gasteiger charge is 2.16. The number of carbonyl (C=O) groups excluding carboxylic acids is 1. The fraction of sp³-hybridized carbons (Fsp3) is 0.0385. The van der Waals surface area contributed by atoms with E-state index in [0.29, 0.717) is 11.6 Å². The third-order valence-electron chi connectivity index (χ3n) is 5.32. The van der Waals surface area contributed by atoms with Crippen molar-refractivity contribution in [3.05, 3.63) is 84.9 Å². The number of oxazole rings is 1. The molecule has 0 atom stereocenters. The van der Waals surface area contributed by atoms with Crippen molar-refractivity contribution in [3.63, 3.8) is 0 Å². The van der Waals surface area contributed by atoms with Crippen LogP contribution in [0.15, 0.2) is 93.7 Å². The number of thiazole rings is 1. The van der Waals surface area contributed by atoms with Gasteiger partial charge in [0.15, 0.2) is 9.92 Å². The first-order valence-corrected chi connectivity index (χ1v) is 12.2. The maximum absolute atomic E-state index is 12.7. The number of hydrogen-bond acceptors (Lipinski definition) is 6. The van der Waals surface area contributed by atoms with Crippen molar-refractivity contribution in [2.45, 2.75) is 4.34 Å². The number of rotatable bonds is 5. The summed E-state index contributed by atoms with van der Waals surface area (Å²) in [6.45, 7) is 0. The molecule has 6 rings (SSSR count). The Balaban J connectivity index is 1.25. The molecule has 0 saturated carbocycles. The summed E-state index contributed by atoms with van der Waals surface area (Å²) >= 11 is 3.03. The van der Waals surface area contributed by atoms with Crippen molar-refractivity contribution in [2.24, 2.45) is 0 Å². The number of thioether (sulfide) groups is 1. The SMILES string of the molecule is O=C(CSc1nc2ccccc2s1)Nc1ccccc1-c1nc2c(ccc3ccccc32)o1. The molecule has 160 valence electrons. The molecule has 1 N–H and O–H groups in total. The fourth-order valence-electron chi connectivity index (χ4n) is 3.78. The molecule has 7 heteroatoms. The lowest BCUT2D eigenvalue weighted by Crippen LogP contribution is -2.14. The molecule has 0 fully saturated rings. The summed E-state index contributed by atoms with van der Waals surface area (Å²) in [6, 6.07) is 27.6. The Labute approximate surface area is 197 Å². The van der Waals surface area contributed by atoms with Crippen LogP contribution >= 0.6 is 23.1 Å². The number of nitrogens with one attached hydrogen (secondary N) is 1. The van der Waals surface area contributed by atoms with E-state index < -0.39 is 0 Å². The van der Waals surface area contributed by atoms with Crippen LogP contribution in [0.25, 0.3) is 43.5 Å². The molecule has 1 amide bonds. The van der Waals surface area contributed by atoms with Crippen LogP contribution in [-0.2, 0) is 4.79 Å². The van der Waals surface area contributed by atoms with E-state index in [1.807, 2.05) is 78.9 Å². The van der Waals surface area contributed by atoms with Crippen LogP contribution in [-0.4, -0.2) is 21.6 Å². The molecule has 2 heterocycles. The third-order valence-corrected chi connectivity index (χ3v) is 7.50. The lowest BCUT2D eigenvalue weighted by Gasteiger charge is -2.08. The summed E-state index contributed by atoms with van der Waals surface area (Å²) in [5, 5.41) is 5.16. The van der Waals surface area contributed by atoms with Gasteiger partial charge in [0.2, 0.25) is 11.8 Å². The van der Waals surface area contributed by atoms with Gasteiger partial charge in [0.05, 0.1) is 27.2 Å². The van der Waals surface area contributed by atoms with E-state index in [-0.39, 0.29) is 11.7 Å². The maximum atomic E-state index is 12.7. The number of amides is 1. The number of para-hydroxylation sites is 2. The molecular formula is C26H17N3O2S2. The molecule has 4 aromatic carbocycles. The predicted molar refractivity (Wildman–Crippen MR) is 136 cm³/mol. The van der Waals surface area contributed by atoms with Crippen LogP contribution < -0.4 is 5.32 Å². The molecule has 0 saturated heterocycles. The highest BCUT2D eigenvalue weighted by atomic mass is 32.2. The Morgan fingerprint density at radius 3 is 2.67 bits per heavy atom. The average Bonchev–Trinajstić information content (AvgIpc) is 3.47. The average molecular weight is 468 g/mol. The molecule has 33 heavy (non-hydrogen) atoms. The summed E-state index contributed by atoms with van der Waals surface area (Å²) < 4.78 is 8.07. The molecule has 0 aliphatic rings. The first kappa shape index (κ1) is 20.0. The van der Waals surface area contributed by atoms with Gasteiger partial charge in [-0.25, -0.2) is 9.97 Å². The predicted octanol–water partition coefficient (Wildman–Crippen LogP) is 6.99. The van der Waals surface area contributed by atoms with Crippen LogP contribution in [0.4, 0.5) is 5.69 Å². The monoisotopic (exact) mass is 467 g/mol. The van der Waals surface area contributed by atoms with Gasteiger partial charge < -0.3 is 9.73 Å². The second-order valence-corrected chi connectivity index (χ2v) is 9.74. The summed E-state index contributed by atoms with van der Waals surface area (Å²) in [6.07, 6.45) is 0. The van der Waals surface area contributed by atoms with Crippen molar-refractivity contribution in [1.29, 1.82) is 0 Å². The molecule has 0 unspecified atom stereocenters. The zero-order chi connectivity index (χ0) is 22.2. The number of aromatic nitrogens is 2. The van der Waals surface area contributed by atoms with E-state index in [1.165, 1.54) is 11.8 Å². The van der Waals surface area contributed by atoms with E-state index in [1.54, 1.807) is 11.3 Å². The second-order valence-electron chi connectivity index (χ2n) is 7.48. The fourth-order valence-corrected chi connectivity index (χ4v) is 5.65. The van der Waals surface area contributed by atoms with Gasteiger partial charge in [-0.15, -0.1) is 11.3 Å². The van der Waals surface area contributed by atoms with Gasteiger partial charge in [-0.2, -0.15) is 0 Å². The van der Waals surface area contributed by atoms with E-state index in [4.69, 9.17) is 9.40 Å². The van der Waals surface area contributed by atoms with E-state index in [0.717, 1.165) is 42.0 Å². The van der Waals surface area contributed by atoms with Crippen LogP contribution in [0.2, 0.25) is 0 Å². The lowest BCUT2D eigenvalue weighted by molar-refractivity contribution is -0.113. The molecule has 0 aliphatic carbocycles. The highest BCUT2D eigenvalue weighted by molar-refractivity contribution is 8.01. The van der Waals surface area contributed by atoms with Gasteiger partial charge in [0, 0.05) is 5.39 Å². The van der Waals surface area contributed by atoms with E-state index >= 15 is 0 Å². The Hall–Kier alpha value is -3.68.